The zero-order valence-electron chi connectivity index (χ0n) is 34.2. The van der Waals surface area contributed by atoms with Crippen LogP contribution >= 0.6 is 0 Å². The Morgan fingerprint density at radius 2 is 0.603 bits per heavy atom. The Hall–Kier alpha value is -8.40. The molecule has 11 aromatic carbocycles. The molecule has 0 bridgehead atoms. The Morgan fingerprint density at radius 3 is 1.22 bits per heavy atom. The lowest BCUT2D eigenvalue weighted by atomic mass is 9.92. The van der Waals surface area contributed by atoms with Crippen LogP contribution in [0.3, 0.4) is 0 Å². The van der Waals surface area contributed by atoms with Gasteiger partial charge in [0.25, 0.3) is 0 Å². The fourth-order valence-corrected chi connectivity index (χ4v) is 10.9. The van der Waals surface area contributed by atoms with Crippen molar-refractivity contribution >= 4 is 97.7 Å². The second kappa shape index (κ2) is 13.1. The zero-order valence-corrected chi connectivity index (χ0v) is 34.2. The molecule has 0 aliphatic heterocycles. The van der Waals surface area contributed by atoms with Crippen LogP contribution in [0.1, 0.15) is 0 Å². The molecule has 0 N–H and O–H groups in total. The predicted octanol–water partition coefficient (Wildman–Crippen LogP) is 16.1. The number of benzene rings is 11. The van der Waals surface area contributed by atoms with Crippen LogP contribution in [0.4, 0.5) is 0 Å². The van der Waals surface area contributed by atoms with Crippen LogP contribution in [0.5, 0.6) is 0 Å². The highest BCUT2D eigenvalue weighted by molar-refractivity contribution is 6.29. The summed E-state index contributed by atoms with van der Waals surface area (Å²) in [6, 6.07) is 82.7. The van der Waals surface area contributed by atoms with Gasteiger partial charge in [-0.25, -0.2) is 0 Å². The number of hydrogen-bond donors (Lipinski definition) is 0. The van der Waals surface area contributed by atoms with Gasteiger partial charge in [-0.15, -0.1) is 0 Å². The summed E-state index contributed by atoms with van der Waals surface area (Å²) in [4.78, 5) is 0. The van der Waals surface area contributed by atoms with Crippen molar-refractivity contribution in [2.75, 3.05) is 0 Å². The summed E-state index contributed by atoms with van der Waals surface area (Å²) in [6.45, 7) is 0. The molecule has 3 aromatic heterocycles. The molecule has 0 atom stereocenters. The lowest BCUT2D eigenvalue weighted by Crippen LogP contribution is -1.96. The minimum atomic E-state index is 1.14. The highest BCUT2D eigenvalue weighted by Crippen LogP contribution is 2.44. The Bertz CT molecular complexity index is 4160. The molecule has 0 fully saturated rings. The van der Waals surface area contributed by atoms with Crippen LogP contribution in [0.25, 0.3) is 126 Å². The van der Waals surface area contributed by atoms with Gasteiger partial charge in [-0.2, -0.15) is 0 Å². The average Bonchev–Trinajstić information content (AvgIpc) is 4.00. The van der Waals surface area contributed by atoms with Crippen LogP contribution in [0.2, 0.25) is 0 Å². The molecule has 0 aliphatic carbocycles. The summed E-state index contributed by atoms with van der Waals surface area (Å²) >= 11 is 0. The van der Waals surface area contributed by atoms with Crippen LogP contribution in [-0.4, -0.2) is 13.7 Å². The molecule has 0 saturated carbocycles. The molecule has 63 heavy (non-hydrogen) atoms. The number of para-hydroxylation sites is 4. The van der Waals surface area contributed by atoms with E-state index in [0.717, 1.165) is 17.1 Å². The highest BCUT2D eigenvalue weighted by atomic mass is 15.0. The van der Waals surface area contributed by atoms with E-state index in [0.29, 0.717) is 0 Å². The summed E-state index contributed by atoms with van der Waals surface area (Å²) in [5.74, 6) is 0. The molecule has 0 unspecified atom stereocenters. The van der Waals surface area contributed by atoms with E-state index < -0.39 is 0 Å². The third-order valence-electron chi connectivity index (χ3n) is 13.6. The Labute approximate surface area is 362 Å². The lowest BCUT2D eigenvalue weighted by molar-refractivity contribution is 1.16. The SMILES string of the molecule is c1ccc(-n2c3ccccc3c3cc(-n4c5ccccc5c5c6c7ccccc7n(-c7cccc(-c8ccc9c%10ccccc%10c%10ccccc%10c9c8)c7)c6ccc54)ccc32)cc1. The first-order valence-electron chi connectivity index (χ1n) is 21.8. The minimum absolute atomic E-state index is 1.14. The average molecular weight is 800 g/mol. The van der Waals surface area contributed by atoms with Crippen LogP contribution in [0.15, 0.2) is 224 Å². The van der Waals surface area contributed by atoms with Gasteiger partial charge in [0.2, 0.25) is 0 Å². The Kier molecular flexibility index (Phi) is 7.11. The molecule has 3 nitrogen and oxygen atoms in total. The second-order valence-electron chi connectivity index (χ2n) is 16.9. The first-order chi connectivity index (χ1) is 31.3. The van der Waals surface area contributed by atoms with Gasteiger partial charge < -0.3 is 13.7 Å². The molecule has 3 heteroatoms. The topological polar surface area (TPSA) is 14.8 Å². The van der Waals surface area contributed by atoms with Gasteiger partial charge >= 0.3 is 0 Å². The maximum Gasteiger partial charge on any atom is 0.0548 e. The normalized spacial score (nSPS) is 12.1. The Morgan fingerprint density at radius 1 is 0.190 bits per heavy atom. The van der Waals surface area contributed by atoms with Crippen molar-refractivity contribution < 1.29 is 0 Å². The largest absolute Gasteiger partial charge is 0.309 e. The van der Waals surface area contributed by atoms with Crippen molar-refractivity contribution in [2.45, 2.75) is 0 Å². The minimum Gasteiger partial charge on any atom is -0.309 e. The van der Waals surface area contributed by atoms with Crippen molar-refractivity contribution in [1.29, 1.82) is 0 Å². The van der Waals surface area contributed by atoms with E-state index in [1.54, 1.807) is 0 Å². The fourth-order valence-electron chi connectivity index (χ4n) is 10.9. The smallest absolute Gasteiger partial charge is 0.0548 e. The molecule has 0 amide bonds. The van der Waals surface area contributed by atoms with Gasteiger partial charge in [0.05, 0.1) is 33.1 Å². The maximum atomic E-state index is 2.47. The molecule has 0 spiro atoms. The number of nitrogens with zero attached hydrogens (tertiary/aromatic N) is 3. The standard InChI is InChI=1S/C60H37N3/c1-2-16-40(17-3-1)61-53-26-11-8-23-48(53)52-37-42(30-32-56(52)61)63-55-28-13-10-25-50(55)60-58(63)34-33-57-59(60)49-24-9-12-27-54(49)62(57)41-18-14-15-38(35-41)39-29-31-47-45-21-5-4-19-43(45)44-20-6-7-22-46(44)51(47)36-39/h1-37H. The third kappa shape index (κ3) is 4.85. The van der Waals surface area contributed by atoms with Crippen LogP contribution < -0.4 is 0 Å². The molecule has 14 rings (SSSR count). The summed E-state index contributed by atoms with van der Waals surface area (Å²) < 4.78 is 7.32. The molecule has 292 valence electrons. The molecule has 0 radical (unpaired) electrons. The number of aromatic nitrogens is 3. The van der Waals surface area contributed by atoms with E-state index in [2.05, 4.69) is 238 Å². The van der Waals surface area contributed by atoms with E-state index in [9.17, 15) is 0 Å². The van der Waals surface area contributed by atoms with E-state index in [1.165, 1.54) is 109 Å². The summed E-state index contributed by atoms with van der Waals surface area (Å²) in [7, 11) is 0. The molecule has 3 heterocycles. The predicted molar refractivity (Wildman–Crippen MR) is 267 cm³/mol. The van der Waals surface area contributed by atoms with Crippen molar-refractivity contribution in [3.8, 4) is 28.2 Å². The van der Waals surface area contributed by atoms with Crippen LogP contribution in [-0.2, 0) is 0 Å². The van der Waals surface area contributed by atoms with Crippen molar-refractivity contribution in [3.05, 3.63) is 224 Å². The lowest BCUT2D eigenvalue weighted by Gasteiger charge is -2.13. The van der Waals surface area contributed by atoms with E-state index in [-0.39, 0.29) is 0 Å². The van der Waals surface area contributed by atoms with E-state index >= 15 is 0 Å². The Balaban J connectivity index is 0.982. The maximum absolute atomic E-state index is 2.47. The van der Waals surface area contributed by atoms with Crippen LogP contribution in [0, 0.1) is 0 Å². The second-order valence-corrected chi connectivity index (χ2v) is 16.9. The van der Waals surface area contributed by atoms with E-state index in [1.807, 2.05) is 0 Å². The zero-order chi connectivity index (χ0) is 41.2. The monoisotopic (exact) mass is 799 g/mol. The number of hydrogen-bond acceptors (Lipinski definition) is 0. The molecular weight excluding hydrogens is 763 g/mol. The van der Waals surface area contributed by atoms with Gasteiger partial charge in [0.15, 0.2) is 0 Å². The third-order valence-corrected chi connectivity index (χ3v) is 13.6. The fraction of sp³-hybridized carbons (Fsp3) is 0. The molecule has 0 saturated heterocycles. The first-order valence-corrected chi connectivity index (χ1v) is 21.8. The first kappa shape index (κ1) is 34.3. The summed E-state index contributed by atoms with van der Waals surface area (Å²) in [5.41, 5.74) is 13.0. The molecule has 14 aromatic rings. The molecular formula is C60H37N3. The van der Waals surface area contributed by atoms with Crippen molar-refractivity contribution in [3.63, 3.8) is 0 Å². The van der Waals surface area contributed by atoms with Gasteiger partial charge in [-0.1, -0.05) is 146 Å². The van der Waals surface area contributed by atoms with Gasteiger partial charge in [-0.05, 0) is 122 Å². The number of fused-ring (bicyclic) bond motifs is 16. The molecule has 0 aliphatic rings. The van der Waals surface area contributed by atoms with Crippen molar-refractivity contribution in [2.24, 2.45) is 0 Å². The van der Waals surface area contributed by atoms with Gasteiger partial charge in [0.1, 0.15) is 0 Å². The van der Waals surface area contributed by atoms with Gasteiger partial charge in [-0.3, -0.25) is 0 Å². The summed E-state index contributed by atoms with van der Waals surface area (Å²) in [6.07, 6.45) is 0. The van der Waals surface area contributed by atoms with E-state index in [4.69, 9.17) is 0 Å². The van der Waals surface area contributed by atoms with Crippen molar-refractivity contribution in [1.82, 2.24) is 13.7 Å². The quantitative estimate of drug-likeness (QED) is 0.158. The van der Waals surface area contributed by atoms with Gasteiger partial charge in [0, 0.05) is 49.4 Å². The highest BCUT2D eigenvalue weighted by Gasteiger charge is 2.22. The summed E-state index contributed by atoms with van der Waals surface area (Å²) in [5, 5.41) is 15.3. The number of rotatable bonds is 4.